The van der Waals surface area contributed by atoms with E-state index in [1.807, 2.05) is 47.4 Å². The summed E-state index contributed by atoms with van der Waals surface area (Å²) in [6.45, 7) is 4.44. The van der Waals surface area contributed by atoms with Gasteiger partial charge in [-0.15, -0.1) is 10.2 Å². The molecule has 1 aliphatic heterocycles. The number of carbonyl (C=O) groups excluding carboxylic acids is 1. The molecule has 0 unspecified atom stereocenters. The van der Waals surface area contributed by atoms with Crippen LogP contribution >= 0.6 is 11.8 Å². The number of benzene rings is 2. The van der Waals surface area contributed by atoms with E-state index in [-0.39, 0.29) is 17.7 Å². The number of anilines is 1. The number of methoxy groups -OCH3 is 1. The summed E-state index contributed by atoms with van der Waals surface area (Å²) in [5, 5.41) is 8.53. The van der Waals surface area contributed by atoms with E-state index < -0.39 is 0 Å². The van der Waals surface area contributed by atoms with Crippen molar-refractivity contribution in [3.05, 3.63) is 54.6 Å². The van der Waals surface area contributed by atoms with Crippen LogP contribution in [0.4, 0.5) is 5.69 Å². The van der Waals surface area contributed by atoms with Crippen LogP contribution in [0.25, 0.3) is 11.5 Å². The van der Waals surface area contributed by atoms with Gasteiger partial charge in [-0.05, 0) is 43.3 Å². The molecule has 2 heterocycles. The fraction of sp³-hybridized carbons (Fsp3) is 0.318. The molecule has 1 aromatic heterocycles. The third kappa shape index (κ3) is 4.59. The molecule has 156 valence electrons. The Kier molecular flexibility index (Phi) is 6.23. The second-order valence-corrected chi connectivity index (χ2v) is 8.03. The van der Waals surface area contributed by atoms with E-state index in [1.54, 1.807) is 7.11 Å². The molecule has 0 saturated carbocycles. The molecule has 1 aliphatic rings. The lowest BCUT2D eigenvalue weighted by atomic mass is 10.1. The summed E-state index contributed by atoms with van der Waals surface area (Å²) >= 11 is 1.27. The number of ether oxygens (including phenoxy) is 1. The van der Waals surface area contributed by atoms with Gasteiger partial charge in [0.2, 0.25) is 11.8 Å². The van der Waals surface area contributed by atoms with Crippen molar-refractivity contribution in [2.24, 2.45) is 0 Å². The van der Waals surface area contributed by atoms with Gasteiger partial charge in [-0.2, -0.15) is 0 Å². The topological polar surface area (TPSA) is 71.7 Å². The van der Waals surface area contributed by atoms with Gasteiger partial charge in [0, 0.05) is 36.9 Å². The molecule has 8 heteroatoms. The number of thioether (sulfide) groups is 1. The predicted molar refractivity (Wildman–Crippen MR) is 117 cm³/mol. The number of carbonyl (C=O) groups is 1. The molecule has 0 spiro atoms. The van der Waals surface area contributed by atoms with Gasteiger partial charge in [-0.3, -0.25) is 4.79 Å². The first-order valence-corrected chi connectivity index (χ1v) is 10.8. The molecule has 1 fully saturated rings. The molecule has 1 saturated heterocycles. The molecule has 2 aromatic carbocycles. The Morgan fingerprint density at radius 1 is 1.13 bits per heavy atom. The highest BCUT2D eigenvalue weighted by Crippen LogP contribution is 2.26. The minimum absolute atomic E-state index is 0.0874. The maximum atomic E-state index is 12.8. The third-order valence-electron chi connectivity index (χ3n) is 5.13. The first-order chi connectivity index (χ1) is 14.6. The zero-order valence-electron chi connectivity index (χ0n) is 17.0. The molecule has 7 nitrogen and oxygen atoms in total. The number of nitrogens with zero attached hydrogens (tertiary/aromatic N) is 4. The molecule has 0 radical (unpaired) electrons. The van der Waals surface area contributed by atoms with Crippen molar-refractivity contribution in [2.45, 2.75) is 18.2 Å². The van der Waals surface area contributed by atoms with Crippen LogP contribution in [0, 0.1) is 0 Å². The fourth-order valence-corrected chi connectivity index (χ4v) is 4.18. The SMILES string of the molecule is COc1ccc(-c2nnc(SCC(=O)N3CCN(c4ccccc4)C[C@@H]3C)o2)cc1. The van der Waals surface area contributed by atoms with Crippen LogP contribution in [0.2, 0.25) is 0 Å². The Morgan fingerprint density at radius 3 is 2.60 bits per heavy atom. The predicted octanol–water partition coefficient (Wildman–Crippen LogP) is 3.57. The summed E-state index contributed by atoms with van der Waals surface area (Å²) in [6.07, 6.45) is 0. The summed E-state index contributed by atoms with van der Waals surface area (Å²) < 4.78 is 10.9. The molecule has 1 atom stereocenters. The highest BCUT2D eigenvalue weighted by molar-refractivity contribution is 7.99. The zero-order valence-corrected chi connectivity index (χ0v) is 17.8. The second-order valence-electron chi connectivity index (χ2n) is 7.11. The lowest BCUT2D eigenvalue weighted by Crippen LogP contribution is -2.54. The minimum Gasteiger partial charge on any atom is -0.497 e. The van der Waals surface area contributed by atoms with Crippen molar-refractivity contribution in [3.63, 3.8) is 0 Å². The van der Waals surface area contributed by atoms with E-state index in [9.17, 15) is 4.79 Å². The first kappa shape index (κ1) is 20.3. The summed E-state index contributed by atoms with van der Waals surface area (Å²) in [5.41, 5.74) is 2.01. The van der Waals surface area contributed by atoms with Crippen molar-refractivity contribution in [1.82, 2.24) is 15.1 Å². The molecule has 0 bridgehead atoms. The highest BCUT2D eigenvalue weighted by Gasteiger charge is 2.27. The molecule has 0 N–H and O–H groups in total. The standard InChI is InChI=1S/C22H24N4O3S/c1-16-14-25(18-6-4-3-5-7-18)12-13-26(16)20(27)15-30-22-24-23-21(29-22)17-8-10-19(28-2)11-9-17/h3-11,16H,12-15H2,1-2H3/t16-/m0/s1. The van der Waals surface area contributed by atoms with Gasteiger partial charge in [-0.1, -0.05) is 30.0 Å². The smallest absolute Gasteiger partial charge is 0.277 e. The maximum absolute atomic E-state index is 12.8. The Labute approximate surface area is 180 Å². The Balaban J connectivity index is 1.31. The lowest BCUT2D eigenvalue weighted by Gasteiger charge is -2.41. The lowest BCUT2D eigenvalue weighted by molar-refractivity contribution is -0.130. The van der Waals surface area contributed by atoms with Crippen LogP contribution in [0.5, 0.6) is 5.75 Å². The van der Waals surface area contributed by atoms with E-state index >= 15 is 0 Å². The average Bonchev–Trinajstić information content (AvgIpc) is 3.27. The number of amides is 1. The number of para-hydroxylation sites is 1. The van der Waals surface area contributed by atoms with E-state index in [1.165, 1.54) is 17.4 Å². The summed E-state index contributed by atoms with van der Waals surface area (Å²) in [4.78, 5) is 17.0. The monoisotopic (exact) mass is 424 g/mol. The van der Waals surface area contributed by atoms with Crippen LogP contribution < -0.4 is 9.64 Å². The van der Waals surface area contributed by atoms with Gasteiger partial charge in [-0.25, -0.2) is 0 Å². The zero-order chi connectivity index (χ0) is 20.9. The number of rotatable bonds is 6. The first-order valence-electron chi connectivity index (χ1n) is 9.84. The molecule has 1 amide bonds. The quantitative estimate of drug-likeness (QED) is 0.560. The van der Waals surface area contributed by atoms with E-state index in [4.69, 9.17) is 9.15 Å². The molecule has 0 aliphatic carbocycles. The second kappa shape index (κ2) is 9.21. The molecule has 4 rings (SSSR count). The Morgan fingerprint density at radius 2 is 1.90 bits per heavy atom. The molecule has 30 heavy (non-hydrogen) atoms. The van der Waals surface area contributed by atoms with E-state index in [0.29, 0.717) is 17.7 Å². The van der Waals surface area contributed by atoms with Crippen molar-refractivity contribution in [3.8, 4) is 17.2 Å². The number of hydrogen-bond acceptors (Lipinski definition) is 7. The van der Waals surface area contributed by atoms with Crippen LogP contribution in [0.1, 0.15) is 6.92 Å². The summed E-state index contributed by atoms with van der Waals surface area (Å²) in [5.74, 6) is 1.56. The summed E-state index contributed by atoms with van der Waals surface area (Å²) in [6, 6.07) is 17.9. The summed E-state index contributed by atoms with van der Waals surface area (Å²) in [7, 11) is 1.62. The third-order valence-corrected chi connectivity index (χ3v) is 5.93. The van der Waals surface area contributed by atoms with Crippen LogP contribution in [-0.2, 0) is 4.79 Å². The maximum Gasteiger partial charge on any atom is 0.277 e. The van der Waals surface area contributed by atoms with Gasteiger partial charge in [0.15, 0.2) is 0 Å². The normalized spacial score (nSPS) is 16.5. The van der Waals surface area contributed by atoms with Crippen LogP contribution in [-0.4, -0.2) is 59.5 Å². The van der Waals surface area contributed by atoms with Crippen molar-refractivity contribution in [1.29, 1.82) is 0 Å². The van der Waals surface area contributed by atoms with Crippen LogP contribution in [0.3, 0.4) is 0 Å². The van der Waals surface area contributed by atoms with Crippen LogP contribution in [0.15, 0.2) is 64.2 Å². The fourth-order valence-electron chi connectivity index (χ4n) is 3.53. The number of aromatic nitrogens is 2. The minimum atomic E-state index is 0.0874. The van der Waals surface area contributed by atoms with Gasteiger partial charge < -0.3 is 19.0 Å². The van der Waals surface area contributed by atoms with Crippen molar-refractivity contribution < 1.29 is 13.9 Å². The Hall–Kier alpha value is -3.00. The number of piperazine rings is 1. The van der Waals surface area contributed by atoms with E-state index in [2.05, 4.69) is 34.2 Å². The molecular weight excluding hydrogens is 400 g/mol. The van der Waals surface area contributed by atoms with Crippen molar-refractivity contribution >= 4 is 23.4 Å². The molecule has 3 aromatic rings. The average molecular weight is 425 g/mol. The largest absolute Gasteiger partial charge is 0.497 e. The van der Waals surface area contributed by atoms with Gasteiger partial charge in [0.25, 0.3) is 5.22 Å². The van der Waals surface area contributed by atoms with Crippen molar-refractivity contribution in [2.75, 3.05) is 37.4 Å². The van der Waals surface area contributed by atoms with Gasteiger partial charge >= 0.3 is 0 Å². The van der Waals surface area contributed by atoms with E-state index in [0.717, 1.165) is 24.4 Å². The highest BCUT2D eigenvalue weighted by atomic mass is 32.2. The Bertz CT molecular complexity index is 978. The number of hydrogen-bond donors (Lipinski definition) is 0. The van der Waals surface area contributed by atoms with Gasteiger partial charge in [0.05, 0.1) is 12.9 Å². The molecular formula is C22H24N4O3S. The van der Waals surface area contributed by atoms with Gasteiger partial charge in [0.1, 0.15) is 5.75 Å².